The molecule has 1 atom stereocenters. The Bertz CT molecular complexity index is 773. The number of hydrogen-bond acceptors (Lipinski definition) is 1. The van der Waals surface area contributed by atoms with Crippen LogP contribution >= 0.6 is 0 Å². The molecule has 0 amide bonds. The molecule has 1 aliphatic carbocycles. The van der Waals surface area contributed by atoms with Gasteiger partial charge < -0.3 is 9.88 Å². The Labute approximate surface area is 131 Å². The van der Waals surface area contributed by atoms with Gasteiger partial charge in [0.2, 0.25) is 0 Å². The van der Waals surface area contributed by atoms with Gasteiger partial charge in [0.05, 0.1) is 0 Å². The SMILES string of the molecule is CCN(c1ccccc1)C1CCc2[nH]c3ccccc3c2C1. The van der Waals surface area contributed by atoms with E-state index in [1.165, 1.54) is 34.3 Å². The molecule has 2 heteroatoms. The minimum Gasteiger partial charge on any atom is -0.368 e. The van der Waals surface area contributed by atoms with E-state index in [-0.39, 0.29) is 0 Å². The van der Waals surface area contributed by atoms with E-state index in [0.717, 1.165) is 19.4 Å². The maximum absolute atomic E-state index is 3.61. The lowest BCUT2D eigenvalue weighted by atomic mass is 9.90. The summed E-state index contributed by atoms with van der Waals surface area (Å²) in [5.41, 5.74) is 5.61. The van der Waals surface area contributed by atoms with Gasteiger partial charge in [-0.3, -0.25) is 0 Å². The summed E-state index contributed by atoms with van der Waals surface area (Å²) in [6.45, 7) is 3.32. The van der Waals surface area contributed by atoms with Crippen molar-refractivity contribution in [3.05, 3.63) is 65.9 Å². The van der Waals surface area contributed by atoms with E-state index in [1.54, 1.807) is 0 Å². The van der Waals surface area contributed by atoms with E-state index in [0.29, 0.717) is 6.04 Å². The highest BCUT2D eigenvalue weighted by Crippen LogP contribution is 2.32. The molecule has 2 nitrogen and oxygen atoms in total. The lowest BCUT2D eigenvalue weighted by Gasteiger charge is -2.35. The molecular formula is C20H22N2. The van der Waals surface area contributed by atoms with Gasteiger partial charge in [-0.05, 0) is 49.9 Å². The van der Waals surface area contributed by atoms with Gasteiger partial charge in [0, 0.05) is 34.9 Å². The Hall–Kier alpha value is -2.22. The number of benzene rings is 2. The fourth-order valence-electron chi connectivity index (χ4n) is 3.89. The number of nitrogens with zero attached hydrogens (tertiary/aromatic N) is 1. The number of fused-ring (bicyclic) bond motifs is 3. The van der Waals surface area contributed by atoms with Crippen LogP contribution in [0.15, 0.2) is 54.6 Å². The standard InChI is InChI=1S/C20H22N2/c1-2-22(15-8-4-3-5-9-15)16-12-13-20-18(14-16)17-10-6-7-11-19(17)21-20/h3-11,16,21H,2,12-14H2,1H3. The summed E-state index contributed by atoms with van der Waals surface area (Å²) in [5, 5.41) is 1.41. The molecule has 0 radical (unpaired) electrons. The number of aryl methyl sites for hydroxylation is 1. The van der Waals surface area contributed by atoms with Gasteiger partial charge in [0.15, 0.2) is 0 Å². The molecule has 1 N–H and O–H groups in total. The molecule has 1 aliphatic rings. The van der Waals surface area contributed by atoms with Crippen molar-refractivity contribution < 1.29 is 0 Å². The number of aromatic amines is 1. The van der Waals surface area contributed by atoms with Crippen LogP contribution < -0.4 is 4.90 Å². The summed E-state index contributed by atoms with van der Waals surface area (Å²) in [6.07, 6.45) is 3.52. The highest BCUT2D eigenvalue weighted by Gasteiger charge is 2.26. The van der Waals surface area contributed by atoms with Crippen molar-refractivity contribution >= 4 is 16.6 Å². The van der Waals surface area contributed by atoms with Gasteiger partial charge in [-0.25, -0.2) is 0 Å². The molecule has 4 rings (SSSR count). The van der Waals surface area contributed by atoms with Crippen molar-refractivity contribution in [1.82, 2.24) is 4.98 Å². The molecule has 0 spiro atoms. The Balaban J connectivity index is 1.68. The van der Waals surface area contributed by atoms with Crippen LogP contribution in [0.25, 0.3) is 10.9 Å². The third-order valence-corrected chi connectivity index (χ3v) is 4.94. The predicted molar refractivity (Wildman–Crippen MR) is 93.6 cm³/mol. The summed E-state index contributed by atoms with van der Waals surface area (Å²) in [6, 6.07) is 20.1. The van der Waals surface area contributed by atoms with E-state index in [2.05, 4.69) is 71.4 Å². The van der Waals surface area contributed by atoms with Gasteiger partial charge in [0.1, 0.15) is 0 Å². The van der Waals surface area contributed by atoms with Crippen LogP contribution in [0.2, 0.25) is 0 Å². The first-order valence-corrected chi connectivity index (χ1v) is 8.27. The Kier molecular flexibility index (Phi) is 3.38. The molecule has 22 heavy (non-hydrogen) atoms. The smallest absolute Gasteiger partial charge is 0.0458 e. The highest BCUT2D eigenvalue weighted by molar-refractivity contribution is 5.85. The molecule has 1 unspecified atom stereocenters. The lowest BCUT2D eigenvalue weighted by Crippen LogP contribution is -2.39. The molecule has 3 aromatic rings. The van der Waals surface area contributed by atoms with Crippen LogP contribution in [0.5, 0.6) is 0 Å². The average molecular weight is 290 g/mol. The zero-order valence-electron chi connectivity index (χ0n) is 13.0. The fraction of sp³-hybridized carbons (Fsp3) is 0.300. The quantitative estimate of drug-likeness (QED) is 0.749. The Morgan fingerprint density at radius 3 is 2.64 bits per heavy atom. The van der Waals surface area contributed by atoms with Gasteiger partial charge >= 0.3 is 0 Å². The van der Waals surface area contributed by atoms with E-state index >= 15 is 0 Å². The van der Waals surface area contributed by atoms with E-state index in [1.807, 2.05) is 0 Å². The summed E-state index contributed by atoms with van der Waals surface area (Å²) in [7, 11) is 0. The van der Waals surface area contributed by atoms with E-state index in [9.17, 15) is 0 Å². The number of nitrogens with one attached hydrogen (secondary N) is 1. The van der Waals surface area contributed by atoms with Crippen molar-refractivity contribution in [2.24, 2.45) is 0 Å². The maximum atomic E-state index is 3.61. The van der Waals surface area contributed by atoms with Crippen molar-refractivity contribution in [3.63, 3.8) is 0 Å². The Morgan fingerprint density at radius 2 is 1.82 bits per heavy atom. The van der Waals surface area contributed by atoms with Crippen LogP contribution in [0, 0.1) is 0 Å². The molecule has 0 aliphatic heterocycles. The number of rotatable bonds is 3. The van der Waals surface area contributed by atoms with Gasteiger partial charge in [0.25, 0.3) is 0 Å². The molecule has 0 saturated carbocycles. The van der Waals surface area contributed by atoms with Crippen LogP contribution in [-0.2, 0) is 12.8 Å². The highest BCUT2D eigenvalue weighted by atomic mass is 15.2. The first-order valence-electron chi connectivity index (χ1n) is 8.27. The van der Waals surface area contributed by atoms with E-state index in [4.69, 9.17) is 0 Å². The molecule has 1 aromatic heterocycles. The van der Waals surface area contributed by atoms with Gasteiger partial charge in [-0.1, -0.05) is 36.4 Å². The fourth-order valence-corrected chi connectivity index (χ4v) is 3.89. The maximum Gasteiger partial charge on any atom is 0.0458 e. The molecule has 0 bridgehead atoms. The summed E-state index contributed by atoms with van der Waals surface area (Å²) < 4.78 is 0. The number of para-hydroxylation sites is 2. The Morgan fingerprint density at radius 1 is 1.05 bits per heavy atom. The summed E-state index contributed by atoms with van der Waals surface area (Å²) >= 11 is 0. The summed E-state index contributed by atoms with van der Waals surface area (Å²) in [4.78, 5) is 6.18. The van der Waals surface area contributed by atoms with Gasteiger partial charge in [-0.15, -0.1) is 0 Å². The third kappa shape index (κ3) is 2.19. The number of likely N-dealkylation sites (N-methyl/N-ethyl adjacent to an activating group) is 1. The molecule has 0 fully saturated rings. The summed E-state index contributed by atoms with van der Waals surface area (Å²) in [5.74, 6) is 0. The topological polar surface area (TPSA) is 19.0 Å². The molecule has 0 saturated heterocycles. The second kappa shape index (κ2) is 5.53. The van der Waals surface area contributed by atoms with Crippen molar-refractivity contribution in [2.45, 2.75) is 32.2 Å². The van der Waals surface area contributed by atoms with Crippen LogP contribution in [-0.4, -0.2) is 17.6 Å². The van der Waals surface area contributed by atoms with E-state index < -0.39 is 0 Å². The second-order valence-corrected chi connectivity index (χ2v) is 6.15. The third-order valence-electron chi connectivity index (χ3n) is 4.94. The van der Waals surface area contributed by atoms with Gasteiger partial charge in [-0.2, -0.15) is 0 Å². The monoisotopic (exact) mass is 290 g/mol. The zero-order valence-corrected chi connectivity index (χ0v) is 13.0. The minimum atomic E-state index is 0.596. The molecule has 1 heterocycles. The first-order chi connectivity index (χ1) is 10.9. The number of H-pyrrole nitrogens is 1. The van der Waals surface area contributed by atoms with Crippen LogP contribution in [0.1, 0.15) is 24.6 Å². The minimum absolute atomic E-state index is 0.596. The first kappa shape index (κ1) is 13.4. The van der Waals surface area contributed by atoms with Crippen molar-refractivity contribution in [1.29, 1.82) is 0 Å². The number of hydrogen-bond donors (Lipinski definition) is 1. The van der Waals surface area contributed by atoms with Crippen LogP contribution in [0.3, 0.4) is 0 Å². The second-order valence-electron chi connectivity index (χ2n) is 6.15. The molecule has 2 aromatic carbocycles. The van der Waals surface area contributed by atoms with Crippen molar-refractivity contribution in [2.75, 3.05) is 11.4 Å². The number of anilines is 1. The van der Waals surface area contributed by atoms with Crippen molar-refractivity contribution in [3.8, 4) is 0 Å². The average Bonchev–Trinajstić information content (AvgIpc) is 2.95. The number of aromatic nitrogens is 1. The zero-order chi connectivity index (χ0) is 14.9. The molecular weight excluding hydrogens is 268 g/mol. The van der Waals surface area contributed by atoms with Crippen LogP contribution in [0.4, 0.5) is 5.69 Å². The predicted octanol–water partition coefficient (Wildman–Crippen LogP) is 4.55. The largest absolute Gasteiger partial charge is 0.368 e. The normalized spacial score (nSPS) is 17.4. The molecule has 112 valence electrons. The lowest BCUT2D eigenvalue weighted by molar-refractivity contribution is 0.527.